The van der Waals surface area contributed by atoms with E-state index in [-0.39, 0.29) is 0 Å². The van der Waals surface area contributed by atoms with E-state index in [1.54, 1.807) is 0 Å². The summed E-state index contributed by atoms with van der Waals surface area (Å²) in [7, 11) is 0. The standard InChI is InChI=1S/C48H29NOS/c1-2-11-34-28-36(22-16-30(34)8-1)49(35-20-17-33(18-21-35)39-15-7-12-31-9-3-5-13-38(31)39)37-23-26-44-43(29-37)46-45(51-44)27-25-42-41-24-19-32-10-4-6-14-40(32)47(41)50-48(42)46/h1-29H. The van der Waals surface area contributed by atoms with Crippen molar-refractivity contribution in [1.82, 2.24) is 0 Å². The molecule has 51 heavy (non-hydrogen) atoms. The molecule has 9 aromatic carbocycles. The second kappa shape index (κ2) is 11.0. The van der Waals surface area contributed by atoms with Gasteiger partial charge in [0, 0.05) is 53.4 Å². The minimum absolute atomic E-state index is 0.954. The average molecular weight is 668 g/mol. The fourth-order valence-corrected chi connectivity index (χ4v) is 9.06. The van der Waals surface area contributed by atoms with Crippen molar-refractivity contribution in [3.05, 3.63) is 176 Å². The van der Waals surface area contributed by atoms with E-state index in [9.17, 15) is 0 Å². The number of furan rings is 1. The van der Waals surface area contributed by atoms with Crippen molar-refractivity contribution in [2.75, 3.05) is 4.90 Å². The van der Waals surface area contributed by atoms with Gasteiger partial charge in [0.25, 0.3) is 0 Å². The van der Waals surface area contributed by atoms with Gasteiger partial charge in [0.1, 0.15) is 11.2 Å². The molecule has 0 spiro atoms. The Kier molecular flexibility index (Phi) is 6.16. The molecular weight excluding hydrogens is 639 g/mol. The fraction of sp³-hybridized carbons (Fsp3) is 0. The van der Waals surface area contributed by atoms with E-state index >= 15 is 0 Å². The molecule has 0 aliphatic carbocycles. The number of thiophene rings is 1. The van der Waals surface area contributed by atoms with Crippen LogP contribution in [0.5, 0.6) is 0 Å². The van der Waals surface area contributed by atoms with Crippen LogP contribution >= 0.6 is 11.3 Å². The molecule has 11 aromatic rings. The molecule has 2 heterocycles. The molecule has 2 aromatic heterocycles. The molecule has 0 aliphatic rings. The maximum atomic E-state index is 6.84. The van der Waals surface area contributed by atoms with Gasteiger partial charge in [-0.3, -0.25) is 0 Å². The molecule has 0 fully saturated rings. The lowest BCUT2D eigenvalue weighted by Crippen LogP contribution is -2.09. The zero-order chi connectivity index (χ0) is 33.5. The van der Waals surface area contributed by atoms with E-state index in [1.807, 2.05) is 11.3 Å². The van der Waals surface area contributed by atoms with Crippen molar-refractivity contribution >= 4 is 103 Å². The van der Waals surface area contributed by atoms with E-state index in [0.29, 0.717) is 0 Å². The summed E-state index contributed by atoms with van der Waals surface area (Å²) in [6.07, 6.45) is 0. The molecule has 2 nitrogen and oxygen atoms in total. The highest BCUT2D eigenvalue weighted by molar-refractivity contribution is 7.26. The second-order valence-corrected chi connectivity index (χ2v) is 14.4. The molecule has 0 radical (unpaired) electrons. The lowest BCUT2D eigenvalue weighted by atomic mass is 9.98. The molecule has 0 unspecified atom stereocenters. The van der Waals surface area contributed by atoms with E-state index in [0.717, 1.165) is 44.4 Å². The van der Waals surface area contributed by atoms with Crippen LogP contribution in [0.2, 0.25) is 0 Å². The SMILES string of the molecule is c1ccc2cc(N(c3ccc(-c4cccc5ccccc45)cc3)c3ccc4sc5ccc6c7ccc8ccccc8c7oc6c5c4c3)ccc2c1. The molecule has 3 heteroatoms. The van der Waals surface area contributed by atoms with Crippen molar-refractivity contribution in [2.24, 2.45) is 0 Å². The highest BCUT2D eigenvalue weighted by Crippen LogP contribution is 2.46. The highest BCUT2D eigenvalue weighted by Gasteiger charge is 2.19. The van der Waals surface area contributed by atoms with E-state index in [4.69, 9.17) is 4.42 Å². The molecule has 0 amide bonds. The Balaban J connectivity index is 1.12. The summed E-state index contributed by atoms with van der Waals surface area (Å²) in [6.45, 7) is 0. The third kappa shape index (κ3) is 4.42. The van der Waals surface area contributed by atoms with Gasteiger partial charge in [-0.1, -0.05) is 115 Å². The number of rotatable bonds is 4. The van der Waals surface area contributed by atoms with Crippen molar-refractivity contribution in [2.45, 2.75) is 0 Å². The van der Waals surface area contributed by atoms with Crippen molar-refractivity contribution in [3.63, 3.8) is 0 Å². The molecule has 0 saturated carbocycles. The van der Waals surface area contributed by atoms with Crippen LogP contribution in [0.1, 0.15) is 0 Å². The predicted octanol–water partition coefficient (Wildman–Crippen LogP) is 14.6. The molecule has 0 saturated heterocycles. The van der Waals surface area contributed by atoms with Crippen LogP contribution in [0.4, 0.5) is 17.1 Å². The molecular formula is C48H29NOS. The zero-order valence-electron chi connectivity index (χ0n) is 27.5. The molecule has 0 atom stereocenters. The van der Waals surface area contributed by atoms with Crippen LogP contribution in [0.25, 0.3) is 85.6 Å². The Labute approximate surface area is 298 Å². The Morgan fingerprint density at radius 3 is 1.84 bits per heavy atom. The lowest BCUT2D eigenvalue weighted by molar-refractivity contribution is 0.677. The minimum atomic E-state index is 0.954. The first-order chi connectivity index (χ1) is 25.3. The van der Waals surface area contributed by atoms with Gasteiger partial charge in [-0.05, 0) is 98.7 Å². The Morgan fingerprint density at radius 2 is 0.980 bits per heavy atom. The summed E-state index contributed by atoms with van der Waals surface area (Å²) in [5.74, 6) is 0. The summed E-state index contributed by atoms with van der Waals surface area (Å²) in [4.78, 5) is 2.38. The summed E-state index contributed by atoms with van der Waals surface area (Å²) in [5, 5.41) is 12.0. The Morgan fingerprint density at radius 1 is 0.373 bits per heavy atom. The van der Waals surface area contributed by atoms with E-state index in [2.05, 4.69) is 181 Å². The summed E-state index contributed by atoms with van der Waals surface area (Å²) >= 11 is 1.83. The number of benzene rings is 9. The van der Waals surface area contributed by atoms with Crippen LogP contribution in [-0.4, -0.2) is 0 Å². The topological polar surface area (TPSA) is 16.4 Å². The summed E-state index contributed by atoms with van der Waals surface area (Å²) in [5.41, 5.74) is 7.68. The quantitative estimate of drug-likeness (QED) is 0.186. The molecule has 11 rings (SSSR count). The molecule has 0 aliphatic heterocycles. The van der Waals surface area contributed by atoms with Crippen LogP contribution < -0.4 is 4.90 Å². The van der Waals surface area contributed by atoms with Crippen LogP contribution in [0.3, 0.4) is 0 Å². The van der Waals surface area contributed by atoms with Crippen LogP contribution in [0, 0.1) is 0 Å². The maximum Gasteiger partial charge on any atom is 0.144 e. The number of hydrogen-bond acceptors (Lipinski definition) is 3. The molecule has 0 N–H and O–H groups in total. The first-order valence-electron chi connectivity index (χ1n) is 17.3. The van der Waals surface area contributed by atoms with Gasteiger partial charge in [0.15, 0.2) is 0 Å². The number of hydrogen-bond donors (Lipinski definition) is 0. The monoisotopic (exact) mass is 667 g/mol. The molecule has 238 valence electrons. The Hall–Kier alpha value is -6.42. The first-order valence-corrected chi connectivity index (χ1v) is 18.1. The van der Waals surface area contributed by atoms with Gasteiger partial charge in [0.05, 0.1) is 0 Å². The van der Waals surface area contributed by atoms with E-state index in [1.165, 1.54) is 58.2 Å². The zero-order valence-corrected chi connectivity index (χ0v) is 28.3. The van der Waals surface area contributed by atoms with Crippen LogP contribution in [0.15, 0.2) is 180 Å². The normalized spacial score (nSPS) is 11.9. The first kappa shape index (κ1) is 28.4. The summed E-state index contributed by atoms with van der Waals surface area (Å²) in [6, 6.07) is 63.8. The largest absolute Gasteiger partial charge is 0.455 e. The third-order valence-electron chi connectivity index (χ3n) is 10.4. The predicted molar refractivity (Wildman–Crippen MR) is 219 cm³/mol. The highest BCUT2D eigenvalue weighted by atomic mass is 32.1. The number of anilines is 3. The van der Waals surface area contributed by atoms with Gasteiger partial charge >= 0.3 is 0 Å². The maximum absolute atomic E-state index is 6.84. The summed E-state index contributed by atoms with van der Waals surface area (Å²) < 4.78 is 9.32. The van der Waals surface area contributed by atoms with Gasteiger partial charge in [-0.2, -0.15) is 0 Å². The fourth-order valence-electron chi connectivity index (χ4n) is 7.98. The van der Waals surface area contributed by atoms with E-state index < -0.39 is 0 Å². The van der Waals surface area contributed by atoms with Crippen LogP contribution in [-0.2, 0) is 0 Å². The average Bonchev–Trinajstić information content (AvgIpc) is 3.76. The third-order valence-corrected chi connectivity index (χ3v) is 11.6. The Bertz CT molecular complexity index is 3140. The van der Waals surface area contributed by atoms with Crippen molar-refractivity contribution in [3.8, 4) is 11.1 Å². The second-order valence-electron chi connectivity index (χ2n) is 13.3. The molecule has 0 bridgehead atoms. The van der Waals surface area contributed by atoms with Gasteiger partial charge in [-0.25, -0.2) is 0 Å². The minimum Gasteiger partial charge on any atom is -0.455 e. The van der Waals surface area contributed by atoms with Crippen molar-refractivity contribution in [1.29, 1.82) is 0 Å². The van der Waals surface area contributed by atoms with Gasteiger partial charge in [-0.15, -0.1) is 11.3 Å². The van der Waals surface area contributed by atoms with Crippen molar-refractivity contribution < 1.29 is 4.42 Å². The van der Waals surface area contributed by atoms with Gasteiger partial charge in [0.2, 0.25) is 0 Å². The number of fused-ring (bicyclic) bond motifs is 11. The number of nitrogens with zero attached hydrogens (tertiary/aromatic N) is 1. The lowest BCUT2D eigenvalue weighted by Gasteiger charge is -2.26. The van der Waals surface area contributed by atoms with Gasteiger partial charge < -0.3 is 9.32 Å². The smallest absolute Gasteiger partial charge is 0.144 e.